The molecule has 4 aromatic rings. The second-order valence-corrected chi connectivity index (χ2v) is 23.8. The van der Waals surface area contributed by atoms with E-state index in [1.54, 1.807) is 45.6 Å². The number of carbonyl (C=O) groups excluding carboxylic acids is 3. The standard InChI is InChI=1S/C104H6.C34H29N7O3/c1-3-5-7-9-11-13-15-17-19-21-23-25-27-29-31-33-35-37-39-41-43-45-47-49-51-53-55-57-59-61-63-65-67-69-71-73-75-77-79-81-83-85-87-89-91-93-95-97-99-101-103-104-102-100-98-96-94-92-90-88-86-84-82-80-78-76-74-72-70-68-66-64-62-60-58-56-54-52-50-48-46-44-42-40-38-36-34-32-30-28-26-24-22-20-18-16-14-12-10-8-6-4-2;42-32-21-24-11-7-9-17-29(24)41(30-18-10-8-16-27(30)32)34(44)39-20-19-38(23-31(39)28-22-35-37-36-28)33(43)40(25-12-3-1-4-13-25)26-14-5-2-6-15-26/h1-2H3;1-18,31H,19-23H2/t;31-/m.0/s1. The van der Waals surface area contributed by atoms with Gasteiger partial charge < -0.3 is 9.80 Å². The van der Waals surface area contributed by atoms with Gasteiger partial charge in [-0.2, -0.15) is 5.11 Å². The van der Waals surface area contributed by atoms with Crippen LogP contribution in [-0.4, -0.2) is 65.6 Å². The van der Waals surface area contributed by atoms with Crippen LogP contribution in [0.4, 0.5) is 32.3 Å². The summed E-state index contributed by atoms with van der Waals surface area (Å²) in [4.78, 5) is 49.0. The van der Waals surface area contributed by atoms with Gasteiger partial charge in [-0.3, -0.25) is 14.6 Å². The summed E-state index contributed by atoms with van der Waals surface area (Å²) in [6, 6.07) is 32.6. The molecule has 0 spiro atoms. The number of rotatable bonds is 3. The first-order chi connectivity index (χ1) is 73.5. The van der Waals surface area contributed by atoms with Crippen molar-refractivity contribution in [3.63, 3.8) is 0 Å². The molecule has 148 heavy (non-hydrogen) atoms. The highest BCUT2D eigenvalue weighted by Gasteiger charge is 2.42. The van der Waals surface area contributed by atoms with Crippen LogP contribution in [0, 0.1) is 604 Å². The molecule has 0 unspecified atom stereocenters. The fraction of sp³-hybridized carbons (Fsp3) is 0.0580. The van der Waals surface area contributed by atoms with Crippen molar-refractivity contribution in [1.82, 2.24) is 9.80 Å². The summed E-state index contributed by atoms with van der Waals surface area (Å²) in [6.07, 6.45) is 0.196. The molecule has 3 aliphatic heterocycles. The van der Waals surface area contributed by atoms with Gasteiger partial charge in [-0.05, 0) is 162 Å². The first kappa shape index (κ1) is 109. The van der Waals surface area contributed by atoms with E-state index in [0.29, 0.717) is 29.2 Å². The molecule has 0 radical (unpaired) electrons. The lowest BCUT2D eigenvalue weighted by atomic mass is 10.0. The fourth-order valence-corrected chi connectivity index (χ4v) is 9.24. The molecule has 0 aliphatic carbocycles. The van der Waals surface area contributed by atoms with Crippen molar-refractivity contribution in [3.05, 3.63) is 120 Å². The summed E-state index contributed by atoms with van der Waals surface area (Å²) in [5.41, 5.74) is 4.55. The number of hydrogen-bond donors (Lipinski definition) is 0. The summed E-state index contributed by atoms with van der Waals surface area (Å²) in [7, 11) is 0. The van der Waals surface area contributed by atoms with E-state index in [9.17, 15) is 14.4 Å². The minimum absolute atomic E-state index is 0.0463. The summed E-state index contributed by atoms with van der Waals surface area (Å²) >= 11 is 0. The zero-order valence-electron chi connectivity index (χ0n) is 76.9. The smallest absolute Gasteiger partial charge is 0.320 e. The number of ketones is 1. The predicted octanol–water partition coefficient (Wildman–Crippen LogP) is 7.65. The SMILES string of the molecule is CC#CC#CC#CC#CC#CC#CC#CC#CC#CC#CC#CC#CC#CC#CC#CC#CC#CC#CC#CC#CC#CC#CC#CC#CC#CC#CC#CC#CC#CC#CC#CC#CC#CC#CC#CC#CC#CC#CC#CC#CC#CC#CC#CC#CC#CC#CC#CC#CC#CC#CC#CC.O=C1Cc2ccccc2N(C(=O)N2CCN(C(=O)N(c3ccccc3)c3ccccc3)C[C@H]2C2=NN=NC2)c2ccccc21. The normalized spacial score (nSPS) is 7.99. The number of urea groups is 2. The van der Waals surface area contributed by atoms with Crippen LogP contribution in [0.25, 0.3) is 0 Å². The van der Waals surface area contributed by atoms with Gasteiger partial charge in [0.25, 0.3) is 0 Å². The highest BCUT2D eigenvalue weighted by molar-refractivity contribution is 6.13. The number of carbonyl (C=O) groups is 3. The van der Waals surface area contributed by atoms with E-state index >= 15 is 0 Å². The second-order valence-electron chi connectivity index (χ2n) is 23.8. The monoisotopic (exact) mass is 1840 g/mol. The van der Waals surface area contributed by atoms with Crippen LogP contribution in [0.3, 0.4) is 0 Å². The van der Waals surface area contributed by atoms with Crippen molar-refractivity contribution in [2.45, 2.75) is 26.3 Å². The van der Waals surface area contributed by atoms with Crippen molar-refractivity contribution >= 4 is 46.3 Å². The maximum absolute atomic E-state index is 14.7. The molecular weight excluding hydrogens is 1800 g/mol. The number of para-hydroxylation sites is 4. The van der Waals surface area contributed by atoms with Gasteiger partial charge in [-0.15, -0.1) is 5.10 Å². The van der Waals surface area contributed by atoms with Gasteiger partial charge in [-0.25, -0.2) is 9.59 Å². The molecule has 0 N–H and O–H groups in total. The number of anilines is 4. The van der Waals surface area contributed by atoms with Gasteiger partial charge in [-0.1, -0.05) is 78.6 Å². The fourth-order valence-electron chi connectivity index (χ4n) is 9.24. The lowest BCUT2D eigenvalue weighted by molar-refractivity contribution is 0.0994. The number of hydrogen-bond acceptors (Lipinski definition) is 6. The van der Waals surface area contributed by atoms with E-state index in [4.69, 9.17) is 0 Å². The van der Waals surface area contributed by atoms with Crippen LogP contribution in [0.1, 0.15) is 29.8 Å². The maximum Gasteiger partial charge on any atom is 0.329 e. The molecule has 0 aromatic heterocycles. The van der Waals surface area contributed by atoms with E-state index in [1.807, 2.05) is 97.1 Å². The second kappa shape index (κ2) is 78.7. The zero-order valence-corrected chi connectivity index (χ0v) is 76.9. The molecule has 1 saturated heterocycles. The first-order valence-electron chi connectivity index (χ1n) is 40.8. The van der Waals surface area contributed by atoms with Crippen LogP contribution in [0.2, 0.25) is 0 Å². The van der Waals surface area contributed by atoms with E-state index in [2.05, 4.69) is 619 Å². The molecule has 1 atom stereocenters. The Labute approximate surface area is 866 Å². The van der Waals surface area contributed by atoms with E-state index < -0.39 is 6.04 Å². The highest BCUT2D eigenvalue weighted by atomic mass is 16.2. The third-order valence-electron chi connectivity index (χ3n) is 14.6. The van der Waals surface area contributed by atoms with E-state index in [-0.39, 0.29) is 43.9 Å². The van der Waals surface area contributed by atoms with Crippen LogP contribution in [-0.2, 0) is 6.42 Å². The summed E-state index contributed by atoms with van der Waals surface area (Å²) in [5, 5.41) is 12.2. The zero-order chi connectivity index (χ0) is 104. The van der Waals surface area contributed by atoms with E-state index in [0.717, 1.165) is 16.9 Å². The number of fused-ring (bicyclic) bond motifs is 2. The van der Waals surface area contributed by atoms with Crippen LogP contribution in [0.5, 0.6) is 0 Å². The lowest BCUT2D eigenvalue weighted by Crippen LogP contribution is -2.62. The number of amides is 4. The molecule has 3 aliphatic rings. The molecule has 0 bridgehead atoms. The number of piperazine rings is 1. The Bertz CT molecular complexity index is 9590. The lowest BCUT2D eigenvalue weighted by Gasteiger charge is -2.44. The largest absolute Gasteiger partial charge is 0.329 e. The molecule has 4 aromatic carbocycles. The number of benzene rings is 4. The topological polar surface area (TPSA) is 101 Å². The maximum atomic E-state index is 14.7. The van der Waals surface area contributed by atoms with Crippen molar-refractivity contribution in [2.75, 3.05) is 36.0 Å². The summed E-state index contributed by atoms with van der Waals surface area (Å²) < 4.78 is 0. The Balaban J connectivity index is 0.000000617. The molecule has 4 amide bonds. The van der Waals surface area contributed by atoms with Crippen LogP contribution >= 0.6 is 0 Å². The molecule has 10 heteroatoms. The number of nitrogens with zero attached hydrogens (tertiary/aromatic N) is 7. The Morgan fingerprint density at radius 2 is 0.466 bits per heavy atom. The Kier molecular flexibility index (Phi) is 57.8. The van der Waals surface area contributed by atoms with Crippen LogP contribution < -0.4 is 9.80 Å². The summed E-state index contributed by atoms with van der Waals surface area (Å²) in [6.45, 7) is 4.36. The Hall–Kier alpha value is -28.1. The first-order valence-corrected chi connectivity index (χ1v) is 40.8. The minimum Gasteiger partial charge on any atom is -0.320 e. The minimum atomic E-state index is -0.568. The van der Waals surface area contributed by atoms with Gasteiger partial charge in [0.1, 0.15) is 6.54 Å². The van der Waals surface area contributed by atoms with Crippen LogP contribution in [0.15, 0.2) is 125 Å². The van der Waals surface area contributed by atoms with Gasteiger partial charge in [0.2, 0.25) is 0 Å². The highest BCUT2D eigenvalue weighted by Crippen LogP contribution is 2.38. The van der Waals surface area contributed by atoms with Crippen molar-refractivity contribution in [1.29, 1.82) is 0 Å². The third kappa shape index (κ3) is 52.7. The third-order valence-corrected chi connectivity index (χ3v) is 14.6. The Morgan fingerprint density at radius 1 is 0.257 bits per heavy atom. The summed E-state index contributed by atoms with van der Waals surface area (Å²) in [5.74, 6) is 256. The van der Waals surface area contributed by atoms with Crippen molar-refractivity contribution in [3.8, 4) is 604 Å². The molecule has 7 rings (SSSR count). The van der Waals surface area contributed by atoms with Crippen molar-refractivity contribution < 1.29 is 14.4 Å². The van der Waals surface area contributed by atoms with Gasteiger partial charge in [0.15, 0.2) is 5.78 Å². The average Bonchev–Trinajstić information content (AvgIpc) is 1.53. The molecule has 0 saturated carbocycles. The van der Waals surface area contributed by atoms with Crippen molar-refractivity contribution in [2.24, 2.45) is 15.4 Å². The molecular formula is C138H35N7O3. The Morgan fingerprint density at radius 3 is 0.689 bits per heavy atom. The number of Topliss-reactive ketones (excluding diaryl/α,β-unsaturated/α-hetero) is 1. The molecule has 10 nitrogen and oxygen atoms in total. The quantitative estimate of drug-likeness (QED) is 0.197. The predicted molar refractivity (Wildman–Crippen MR) is 576 cm³/mol. The van der Waals surface area contributed by atoms with Gasteiger partial charge in [0, 0.05) is 529 Å². The van der Waals surface area contributed by atoms with Gasteiger partial charge in [0.05, 0.1) is 34.5 Å². The molecule has 1 fully saturated rings. The average molecular weight is 1840 g/mol. The van der Waals surface area contributed by atoms with Gasteiger partial charge >= 0.3 is 12.1 Å². The molecule has 3 heterocycles. The molecule has 640 valence electrons. The van der Waals surface area contributed by atoms with E-state index in [1.165, 1.54) is 0 Å².